The van der Waals surface area contributed by atoms with Gasteiger partial charge in [0.25, 0.3) is 0 Å². The molecule has 8 heteroatoms. The first-order valence-electron chi connectivity index (χ1n) is 10.6. The van der Waals surface area contributed by atoms with Crippen LogP contribution in [0, 0.1) is 19.3 Å². The largest absolute Gasteiger partial charge is 0.497 e. The molecule has 0 saturated heterocycles. The maximum Gasteiger partial charge on any atom is 0.416 e. The highest BCUT2D eigenvalue weighted by molar-refractivity contribution is 5.29. The topological polar surface area (TPSA) is 64.5 Å². The number of benzene rings is 2. The Bertz CT molecular complexity index is 1120. The lowest BCUT2D eigenvalue weighted by atomic mass is 9.91. The lowest BCUT2D eigenvalue weighted by Crippen LogP contribution is -2.11. The van der Waals surface area contributed by atoms with Crippen molar-refractivity contribution < 1.29 is 27.8 Å². The first-order valence-corrected chi connectivity index (χ1v) is 10.6. The quantitative estimate of drug-likeness (QED) is 0.411. The molecule has 0 saturated carbocycles. The average molecular weight is 470 g/mol. The van der Waals surface area contributed by atoms with Crippen molar-refractivity contribution in [2.45, 2.75) is 44.6 Å². The molecule has 2 unspecified atom stereocenters. The number of alkyl halides is 3. The molecular formula is C26H25F3N2O3. The minimum absolute atomic E-state index is 0.184. The average Bonchev–Trinajstić information content (AvgIpc) is 2.82. The van der Waals surface area contributed by atoms with Gasteiger partial charge < -0.3 is 14.6 Å². The summed E-state index contributed by atoms with van der Waals surface area (Å²) < 4.78 is 49.4. The number of aromatic nitrogens is 2. The number of aliphatic hydroxyl groups is 1. The summed E-state index contributed by atoms with van der Waals surface area (Å²) in [6.45, 7) is 2.01. The molecule has 0 radical (unpaired) electrons. The summed E-state index contributed by atoms with van der Waals surface area (Å²) in [4.78, 5) is 8.78. The molecule has 34 heavy (non-hydrogen) atoms. The maximum atomic E-state index is 12.8. The number of ether oxygens (including phenoxy) is 2. The van der Waals surface area contributed by atoms with Gasteiger partial charge in [-0.2, -0.15) is 18.2 Å². The van der Waals surface area contributed by atoms with Crippen molar-refractivity contribution in [1.82, 2.24) is 9.97 Å². The fourth-order valence-corrected chi connectivity index (χ4v) is 3.48. The Hall–Kier alpha value is -3.57. The van der Waals surface area contributed by atoms with Crippen LogP contribution in [0.3, 0.4) is 0 Å². The van der Waals surface area contributed by atoms with Crippen LogP contribution < -0.4 is 9.47 Å². The van der Waals surface area contributed by atoms with E-state index in [9.17, 15) is 18.3 Å². The Balaban J connectivity index is 1.74. The van der Waals surface area contributed by atoms with Crippen molar-refractivity contribution in [3.8, 4) is 24.0 Å². The summed E-state index contributed by atoms with van der Waals surface area (Å²) in [6, 6.07) is 13.6. The molecule has 178 valence electrons. The van der Waals surface area contributed by atoms with E-state index in [-0.39, 0.29) is 25.4 Å². The van der Waals surface area contributed by atoms with Crippen molar-refractivity contribution in [3.63, 3.8) is 0 Å². The molecule has 2 atom stereocenters. The van der Waals surface area contributed by atoms with E-state index in [0.29, 0.717) is 23.0 Å². The molecule has 3 aromatic rings. The molecule has 0 aliphatic rings. The summed E-state index contributed by atoms with van der Waals surface area (Å²) >= 11 is 0. The van der Waals surface area contributed by atoms with Crippen LogP contribution in [-0.2, 0) is 12.8 Å². The number of terminal acetylenes is 1. The number of hydrogen-bond donors (Lipinski definition) is 1. The number of rotatable bonds is 9. The molecule has 3 rings (SSSR count). The van der Waals surface area contributed by atoms with E-state index in [0.717, 1.165) is 23.4 Å². The molecule has 0 bridgehead atoms. The maximum absolute atomic E-state index is 12.8. The van der Waals surface area contributed by atoms with Crippen LogP contribution in [0.2, 0.25) is 0 Å². The molecule has 5 nitrogen and oxygen atoms in total. The summed E-state index contributed by atoms with van der Waals surface area (Å²) in [7, 11) is 1.60. The lowest BCUT2D eigenvalue weighted by molar-refractivity contribution is -0.137. The van der Waals surface area contributed by atoms with Gasteiger partial charge in [0.2, 0.25) is 5.88 Å². The van der Waals surface area contributed by atoms with Gasteiger partial charge in [-0.05, 0) is 48.7 Å². The fraction of sp³-hybridized carbons (Fsp3) is 0.308. The molecule has 1 N–H and O–H groups in total. The van der Waals surface area contributed by atoms with Crippen LogP contribution in [-0.4, -0.2) is 22.2 Å². The van der Waals surface area contributed by atoms with E-state index in [1.807, 2.05) is 24.3 Å². The predicted molar refractivity (Wildman–Crippen MR) is 121 cm³/mol. The molecule has 0 fully saturated rings. The van der Waals surface area contributed by atoms with Gasteiger partial charge in [-0.1, -0.05) is 24.3 Å². The van der Waals surface area contributed by atoms with Gasteiger partial charge in [0, 0.05) is 18.4 Å². The molecule has 1 heterocycles. The van der Waals surface area contributed by atoms with E-state index in [4.69, 9.17) is 15.9 Å². The zero-order valence-corrected chi connectivity index (χ0v) is 18.8. The molecular weight excluding hydrogens is 445 g/mol. The number of methoxy groups -OCH3 is 1. The van der Waals surface area contributed by atoms with Gasteiger partial charge in [-0.15, -0.1) is 12.3 Å². The van der Waals surface area contributed by atoms with Crippen LogP contribution in [0.25, 0.3) is 0 Å². The Morgan fingerprint density at radius 2 is 1.74 bits per heavy atom. The van der Waals surface area contributed by atoms with Gasteiger partial charge in [0.1, 0.15) is 18.2 Å². The van der Waals surface area contributed by atoms with Crippen molar-refractivity contribution in [2.75, 3.05) is 7.11 Å². The fourth-order valence-electron chi connectivity index (χ4n) is 3.48. The Morgan fingerprint density at radius 1 is 1.06 bits per heavy atom. The third-order valence-electron chi connectivity index (χ3n) is 5.29. The summed E-state index contributed by atoms with van der Waals surface area (Å²) in [5.74, 6) is 3.83. The molecule has 0 amide bonds. The second-order valence-corrected chi connectivity index (χ2v) is 7.79. The highest BCUT2D eigenvalue weighted by Crippen LogP contribution is 2.33. The summed E-state index contributed by atoms with van der Waals surface area (Å²) in [5.41, 5.74) is 1.13. The first-order chi connectivity index (χ1) is 16.2. The third-order valence-corrected chi connectivity index (χ3v) is 5.29. The number of hydrogen-bond acceptors (Lipinski definition) is 5. The van der Waals surface area contributed by atoms with Crippen LogP contribution in [0.5, 0.6) is 11.6 Å². The van der Waals surface area contributed by atoms with Gasteiger partial charge in [0.15, 0.2) is 0 Å². The molecule has 1 aromatic heterocycles. The Labute approximate surface area is 196 Å². The zero-order chi connectivity index (χ0) is 24.7. The number of halogens is 3. The van der Waals surface area contributed by atoms with Crippen LogP contribution >= 0.6 is 0 Å². The van der Waals surface area contributed by atoms with Crippen molar-refractivity contribution >= 4 is 0 Å². The summed E-state index contributed by atoms with van der Waals surface area (Å²) in [5, 5.41) is 10.7. The van der Waals surface area contributed by atoms with E-state index in [1.54, 1.807) is 20.1 Å². The molecule has 0 spiro atoms. The van der Waals surface area contributed by atoms with E-state index in [2.05, 4.69) is 15.9 Å². The predicted octanol–water partition coefficient (Wildman–Crippen LogP) is 5.62. The summed E-state index contributed by atoms with van der Waals surface area (Å²) in [6.07, 6.45) is 0.561. The van der Waals surface area contributed by atoms with Crippen LogP contribution in [0.1, 0.15) is 53.1 Å². The highest BCUT2D eigenvalue weighted by Gasteiger charge is 2.30. The SMILES string of the molecule is C#CCC(CC(O)c1ccc(C(F)(F)F)cc1)c1cc(OCc2ccc(OC)cc2)nc(C)n1. The first kappa shape index (κ1) is 25.1. The van der Waals surface area contributed by atoms with Gasteiger partial charge in [-0.3, -0.25) is 0 Å². The second kappa shape index (κ2) is 11.0. The number of aryl methyl sites for hydroxylation is 1. The Kier molecular flexibility index (Phi) is 8.13. The van der Waals surface area contributed by atoms with Crippen LogP contribution in [0.15, 0.2) is 54.6 Å². The molecule has 2 aromatic carbocycles. The normalized spacial score (nSPS) is 13.1. The number of aliphatic hydroxyl groups excluding tert-OH is 1. The van der Waals surface area contributed by atoms with Gasteiger partial charge >= 0.3 is 6.18 Å². The van der Waals surface area contributed by atoms with Crippen molar-refractivity contribution in [2.24, 2.45) is 0 Å². The monoisotopic (exact) mass is 470 g/mol. The van der Waals surface area contributed by atoms with Crippen molar-refractivity contribution in [1.29, 1.82) is 0 Å². The highest BCUT2D eigenvalue weighted by atomic mass is 19.4. The standard InChI is InChI=1S/C26H25F3N2O3/c1-4-5-20(14-24(32)19-8-10-21(11-9-19)26(27,28)29)23-15-25(31-17(2)30-23)34-16-18-6-12-22(33-3)13-7-18/h1,6-13,15,20,24,32H,5,14,16H2,2-3H3. The Morgan fingerprint density at radius 3 is 2.32 bits per heavy atom. The van der Waals surface area contributed by atoms with Gasteiger partial charge in [0.05, 0.1) is 24.5 Å². The zero-order valence-electron chi connectivity index (χ0n) is 18.8. The van der Waals surface area contributed by atoms with Gasteiger partial charge in [-0.25, -0.2) is 4.98 Å². The van der Waals surface area contributed by atoms with E-state index in [1.165, 1.54) is 12.1 Å². The number of nitrogens with zero attached hydrogens (tertiary/aromatic N) is 2. The smallest absolute Gasteiger partial charge is 0.416 e. The minimum atomic E-state index is -4.43. The van der Waals surface area contributed by atoms with Crippen LogP contribution in [0.4, 0.5) is 13.2 Å². The lowest BCUT2D eigenvalue weighted by Gasteiger charge is -2.20. The van der Waals surface area contributed by atoms with E-state index < -0.39 is 17.8 Å². The molecule has 0 aliphatic heterocycles. The second-order valence-electron chi connectivity index (χ2n) is 7.79. The third kappa shape index (κ3) is 6.72. The van der Waals surface area contributed by atoms with E-state index >= 15 is 0 Å². The molecule has 0 aliphatic carbocycles. The van der Waals surface area contributed by atoms with Crippen molar-refractivity contribution in [3.05, 3.63) is 82.8 Å². The minimum Gasteiger partial charge on any atom is -0.497 e.